The summed E-state index contributed by atoms with van der Waals surface area (Å²) < 4.78 is 11.1. The molecule has 3 aromatic rings. The van der Waals surface area contributed by atoms with E-state index in [2.05, 4.69) is 45.9 Å². The smallest absolute Gasteiger partial charge is 0.163 e. The van der Waals surface area contributed by atoms with Gasteiger partial charge in [-0.05, 0) is 54.4 Å². The van der Waals surface area contributed by atoms with Gasteiger partial charge in [0.25, 0.3) is 0 Å². The molecule has 180 valence electrons. The van der Waals surface area contributed by atoms with Crippen molar-refractivity contribution in [1.82, 2.24) is 0 Å². The van der Waals surface area contributed by atoms with Crippen LogP contribution in [0.25, 0.3) is 0 Å². The Hall–Kier alpha value is -3.93. The molecule has 2 unspecified atom stereocenters. The Bertz CT molecular complexity index is 1280. The number of carbonyl (C=O) groups excluding carboxylic acids is 1. The molecule has 1 heterocycles. The topological polar surface area (TPSA) is 62.8 Å². The van der Waals surface area contributed by atoms with E-state index in [1.165, 1.54) is 0 Å². The summed E-state index contributed by atoms with van der Waals surface area (Å²) in [5.41, 5.74) is 6.88. The lowest BCUT2D eigenvalue weighted by molar-refractivity contribution is -0.116. The van der Waals surface area contributed by atoms with Gasteiger partial charge in [0.05, 0.1) is 31.6 Å². The number of rotatable bonds is 5. The first kappa shape index (κ1) is 22.8. The van der Waals surface area contributed by atoms with Crippen LogP contribution >= 0.6 is 0 Å². The highest BCUT2D eigenvalue weighted by Crippen LogP contribution is 2.46. The third-order valence-corrected chi connectivity index (χ3v) is 6.93. The van der Waals surface area contributed by atoms with E-state index in [-0.39, 0.29) is 17.7 Å². The SMILES string of the molecule is COc1ccc(OC)c(C2CC(=O)C3=C(C2)Nc2ccccc2NC3c2ccc(N(C)C)cc2)c1. The van der Waals surface area contributed by atoms with Crippen molar-refractivity contribution in [3.8, 4) is 11.5 Å². The van der Waals surface area contributed by atoms with Gasteiger partial charge in [0, 0.05) is 49.0 Å². The first-order chi connectivity index (χ1) is 17.0. The van der Waals surface area contributed by atoms with Gasteiger partial charge in [0.2, 0.25) is 0 Å². The van der Waals surface area contributed by atoms with Crippen molar-refractivity contribution in [2.24, 2.45) is 0 Å². The number of para-hydroxylation sites is 2. The largest absolute Gasteiger partial charge is 0.497 e. The Kier molecular flexibility index (Phi) is 6.12. The predicted molar refractivity (Wildman–Crippen MR) is 141 cm³/mol. The average molecular weight is 470 g/mol. The van der Waals surface area contributed by atoms with Gasteiger partial charge in [-0.3, -0.25) is 4.79 Å². The highest BCUT2D eigenvalue weighted by atomic mass is 16.5. The molecule has 2 N–H and O–H groups in total. The van der Waals surface area contributed by atoms with Crippen LogP contribution in [0.5, 0.6) is 11.5 Å². The molecule has 35 heavy (non-hydrogen) atoms. The molecule has 3 aromatic carbocycles. The maximum absolute atomic E-state index is 13.8. The first-order valence-electron chi connectivity index (χ1n) is 11.9. The van der Waals surface area contributed by atoms with Crippen molar-refractivity contribution in [1.29, 1.82) is 0 Å². The van der Waals surface area contributed by atoms with E-state index in [4.69, 9.17) is 9.47 Å². The maximum atomic E-state index is 13.8. The van der Waals surface area contributed by atoms with Crippen LogP contribution in [0.15, 0.2) is 78.0 Å². The third-order valence-electron chi connectivity index (χ3n) is 6.93. The Morgan fingerprint density at radius 2 is 1.63 bits per heavy atom. The molecule has 5 rings (SSSR count). The summed E-state index contributed by atoms with van der Waals surface area (Å²) >= 11 is 0. The lowest BCUT2D eigenvalue weighted by atomic mass is 9.78. The number of nitrogens with one attached hydrogen (secondary N) is 2. The lowest BCUT2D eigenvalue weighted by Crippen LogP contribution is -2.27. The lowest BCUT2D eigenvalue weighted by Gasteiger charge is -2.30. The normalized spacial score (nSPS) is 19.0. The van der Waals surface area contributed by atoms with Crippen molar-refractivity contribution in [2.45, 2.75) is 24.8 Å². The van der Waals surface area contributed by atoms with E-state index >= 15 is 0 Å². The van der Waals surface area contributed by atoms with Gasteiger partial charge in [-0.15, -0.1) is 0 Å². The van der Waals surface area contributed by atoms with Gasteiger partial charge >= 0.3 is 0 Å². The fraction of sp³-hybridized carbons (Fsp3) is 0.276. The van der Waals surface area contributed by atoms with Crippen LogP contribution in [-0.4, -0.2) is 34.1 Å². The minimum atomic E-state index is -0.238. The zero-order valence-corrected chi connectivity index (χ0v) is 20.6. The molecule has 0 radical (unpaired) electrons. The van der Waals surface area contributed by atoms with Crippen molar-refractivity contribution >= 4 is 22.8 Å². The van der Waals surface area contributed by atoms with Crippen molar-refractivity contribution in [3.05, 3.63) is 89.1 Å². The average Bonchev–Trinajstić information content (AvgIpc) is 3.05. The highest BCUT2D eigenvalue weighted by Gasteiger charge is 2.37. The second-order valence-electron chi connectivity index (χ2n) is 9.26. The van der Waals surface area contributed by atoms with E-state index in [0.717, 1.165) is 51.0 Å². The number of methoxy groups -OCH3 is 2. The van der Waals surface area contributed by atoms with Crippen molar-refractivity contribution < 1.29 is 14.3 Å². The summed E-state index contributed by atoms with van der Waals surface area (Å²) in [7, 11) is 7.37. The number of Topliss-reactive ketones (excluding diaryl/α,β-unsaturated/α-hetero) is 1. The molecule has 2 aliphatic rings. The number of hydrogen-bond acceptors (Lipinski definition) is 6. The molecule has 0 saturated heterocycles. The molecule has 0 bridgehead atoms. The van der Waals surface area contributed by atoms with Crippen LogP contribution < -0.4 is 25.0 Å². The summed E-state index contributed by atoms with van der Waals surface area (Å²) in [4.78, 5) is 15.9. The number of anilines is 3. The summed E-state index contributed by atoms with van der Waals surface area (Å²) in [6.07, 6.45) is 1.11. The van der Waals surface area contributed by atoms with Gasteiger partial charge < -0.3 is 25.0 Å². The van der Waals surface area contributed by atoms with Crippen LogP contribution in [0.1, 0.15) is 35.9 Å². The number of hydrogen-bond donors (Lipinski definition) is 2. The van der Waals surface area contributed by atoms with Gasteiger partial charge in [0.15, 0.2) is 5.78 Å². The van der Waals surface area contributed by atoms with Crippen LogP contribution in [0.4, 0.5) is 17.1 Å². The molecule has 1 aliphatic carbocycles. The molecule has 1 aliphatic heterocycles. The van der Waals surface area contributed by atoms with Crippen molar-refractivity contribution in [2.75, 3.05) is 43.8 Å². The van der Waals surface area contributed by atoms with E-state index in [1.54, 1.807) is 14.2 Å². The molecule has 6 heteroatoms. The number of ether oxygens (including phenoxy) is 2. The fourth-order valence-corrected chi connectivity index (χ4v) is 5.09. The Balaban J connectivity index is 1.59. The molecular weight excluding hydrogens is 438 g/mol. The highest BCUT2D eigenvalue weighted by molar-refractivity contribution is 6.01. The standard InChI is InChI=1S/C29H31N3O3/c1-32(2)20-11-9-18(10-12-20)29-28-25(30-23-7-5-6-8-24(23)31-29)15-19(16-26(28)33)22-17-21(34-3)13-14-27(22)35-4/h5-14,17,19,29-31H,15-16H2,1-4H3. The number of allylic oxidation sites excluding steroid dienone is 1. The maximum Gasteiger partial charge on any atom is 0.163 e. The summed E-state index contributed by atoms with van der Waals surface area (Å²) in [6, 6.07) is 22.1. The predicted octanol–water partition coefficient (Wildman–Crippen LogP) is 5.75. The van der Waals surface area contributed by atoms with Crippen molar-refractivity contribution in [3.63, 3.8) is 0 Å². The minimum Gasteiger partial charge on any atom is -0.497 e. The van der Waals surface area contributed by atoms with Crippen LogP contribution in [0.3, 0.4) is 0 Å². The molecule has 0 aromatic heterocycles. The molecule has 0 spiro atoms. The second-order valence-corrected chi connectivity index (χ2v) is 9.26. The molecule has 6 nitrogen and oxygen atoms in total. The van der Waals surface area contributed by atoms with Gasteiger partial charge in [-0.2, -0.15) is 0 Å². The Morgan fingerprint density at radius 3 is 2.31 bits per heavy atom. The second kappa shape index (κ2) is 9.37. The Morgan fingerprint density at radius 1 is 0.886 bits per heavy atom. The molecule has 0 fully saturated rings. The monoisotopic (exact) mass is 469 g/mol. The fourth-order valence-electron chi connectivity index (χ4n) is 5.09. The number of carbonyl (C=O) groups is 1. The zero-order chi connectivity index (χ0) is 24.5. The van der Waals surface area contributed by atoms with Gasteiger partial charge in [-0.25, -0.2) is 0 Å². The Labute approximate surface area is 206 Å². The summed E-state index contributed by atoms with van der Waals surface area (Å²) in [5, 5.41) is 7.25. The number of nitrogens with zero attached hydrogens (tertiary/aromatic N) is 1. The first-order valence-corrected chi connectivity index (χ1v) is 11.9. The zero-order valence-electron chi connectivity index (χ0n) is 20.6. The third kappa shape index (κ3) is 4.32. The number of fused-ring (bicyclic) bond motifs is 1. The number of benzene rings is 3. The van der Waals surface area contributed by atoms with Crippen LogP contribution in [0, 0.1) is 0 Å². The molecule has 0 amide bonds. The van der Waals surface area contributed by atoms with Gasteiger partial charge in [-0.1, -0.05) is 24.3 Å². The van der Waals surface area contributed by atoms with E-state index in [1.807, 2.05) is 50.5 Å². The van der Waals surface area contributed by atoms with E-state index in [9.17, 15) is 4.79 Å². The summed E-state index contributed by atoms with van der Waals surface area (Å²) in [5.74, 6) is 1.65. The molecule has 0 saturated carbocycles. The molecule has 2 atom stereocenters. The quantitative estimate of drug-likeness (QED) is 0.496. The molecular formula is C29H31N3O3. The van der Waals surface area contributed by atoms with Gasteiger partial charge in [0.1, 0.15) is 11.5 Å². The summed E-state index contributed by atoms with van der Waals surface area (Å²) in [6.45, 7) is 0. The van der Waals surface area contributed by atoms with Crippen LogP contribution in [-0.2, 0) is 4.79 Å². The number of ketones is 1. The van der Waals surface area contributed by atoms with Crippen LogP contribution in [0.2, 0.25) is 0 Å². The minimum absolute atomic E-state index is 0.0131. The van der Waals surface area contributed by atoms with E-state index < -0.39 is 0 Å². The van der Waals surface area contributed by atoms with E-state index in [0.29, 0.717) is 12.8 Å².